The average Bonchev–Trinajstić information content (AvgIpc) is 2.90. The highest BCUT2D eigenvalue weighted by Gasteiger charge is 2.30. The average molecular weight is 517 g/mol. The SMILES string of the molecule is CCc1cc(Nc2cccc(C(F)(F)F)c2)ccc1/C=N/Nc1ncc(F)c(N2CCOCC2CC)n1. The van der Waals surface area contributed by atoms with E-state index in [1.165, 1.54) is 6.07 Å². The fourth-order valence-corrected chi connectivity index (χ4v) is 4.10. The van der Waals surface area contributed by atoms with Crippen molar-refractivity contribution in [2.45, 2.75) is 38.9 Å². The predicted octanol–water partition coefficient (Wildman–Crippen LogP) is 6.00. The van der Waals surface area contributed by atoms with Crippen LogP contribution in [0.5, 0.6) is 0 Å². The lowest BCUT2D eigenvalue weighted by atomic mass is 10.0. The van der Waals surface area contributed by atoms with Crippen LogP contribution in [-0.2, 0) is 17.3 Å². The lowest BCUT2D eigenvalue weighted by molar-refractivity contribution is -0.137. The van der Waals surface area contributed by atoms with Crippen LogP contribution in [0.15, 0.2) is 53.8 Å². The summed E-state index contributed by atoms with van der Waals surface area (Å²) in [6, 6.07) is 10.5. The van der Waals surface area contributed by atoms with Gasteiger partial charge in [0.1, 0.15) is 0 Å². The van der Waals surface area contributed by atoms with Gasteiger partial charge < -0.3 is 15.0 Å². The molecule has 2 heterocycles. The Balaban J connectivity index is 1.46. The van der Waals surface area contributed by atoms with Gasteiger partial charge >= 0.3 is 6.18 Å². The molecule has 3 aromatic rings. The number of benzene rings is 2. The van der Waals surface area contributed by atoms with Gasteiger partial charge in [0, 0.05) is 17.9 Å². The molecule has 1 unspecified atom stereocenters. The summed E-state index contributed by atoms with van der Waals surface area (Å²) in [6.07, 6.45) is -0.222. The lowest BCUT2D eigenvalue weighted by Crippen LogP contribution is -2.46. The summed E-state index contributed by atoms with van der Waals surface area (Å²) in [5.74, 6) is -0.135. The largest absolute Gasteiger partial charge is 0.416 e. The van der Waals surface area contributed by atoms with Gasteiger partial charge in [0.05, 0.1) is 37.2 Å². The number of morpholine rings is 1. The predicted molar refractivity (Wildman–Crippen MR) is 136 cm³/mol. The first kappa shape index (κ1) is 26.3. The molecule has 2 N–H and O–H groups in total. The van der Waals surface area contributed by atoms with Crippen LogP contribution in [0.3, 0.4) is 0 Å². The van der Waals surface area contributed by atoms with Crippen molar-refractivity contribution in [1.82, 2.24) is 9.97 Å². The summed E-state index contributed by atoms with van der Waals surface area (Å²) < 4.78 is 59.0. The summed E-state index contributed by atoms with van der Waals surface area (Å²) in [4.78, 5) is 10.2. The van der Waals surface area contributed by atoms with Crippen molar-refractivity contribution in [3.8, 4) is 0 Å². The molecule has 0 spiro atoms. The van der Waals surface area contributed by atoms with E-state index in [1.807, 2.05) is 30.9 Å². The molecule has 0 saturated carbocycles. The van der Waals surface area contributed by atoms with E-state index < -0.39 is 17.6 Å². The van der Waals surface area contributed by atoms with E-state index in [4.69, 9.17) is 4.74 Å². The van der Waals surface area contributed by atoms with E-state index in [1.54, 1.807) is 18.3 Å². The molecule has 37 heavy (non-hydrogen) atoms. The van der Waals surface area contributed by atoms with Crippen LogP contribution in [0.25, 0.3) is 0 Å². The quantitative estimate of drug-likeness (QED) is 0.217. The smallest absolute Gasteiger partial charge is 0.377 e. The molecule has 1 aliphatic heterocycles. The Morgan fingerprint density at radius 2 is 1.97 bits per heavy atom. The summed E-state index contributed by atoms with van der Waals surface area (Å²) in [7, 11) is 0. The van der Waals surface area contributed by atoms with Gasteiger partial charge in [-0.3, -0.25) is 0 Å². The second kappa shape index (κ2) is 11.5. The number of alkyl halides is 3. The van der Waals surface area contributed by atoms with E-state index in [9.17, 15) is 17.6 Å². The Labute approximate surface area is 212 Å². The maximum Gasteiger partial charge on any atom is 0.416 e. The summed E-state index contributed by atoms with van der Waals surface area (Å²) in [6.45, 7) is 5.53. The minimum atomic E-state index is -4.41. The van der Waals surface area contributed by atoms with Crippen molar-refractivity contribution in [1.29, 1.82) is 0 Å². The van der Waals surface area contributed by atoms with Gasteiger partial charge in [0.25, 0.3) is 0 Å². The Morgan fingerprint density at radius 3 is 2.73 bits per heavy atom. The number of halogens is 4. The number of aryl methyl sites for hydroxylation is 1. The molecule has 0 amide bonds. The van der Waals surface area contributed by atoms with Crippen LogP contribution >= 0.6 is 0 Å². The molecule has 4 rings (SSSR count). The second-order valence-electron chi connectivity index (χ2n) is 8.54. The molecule has 0 aliphatic carbocycles. The number of hydrazone groups is 1. The molecule has 1 atom stereocenters. The van der Waals surface area contributed by atoms with Crippen molar-refractivity contribution < 1.29 is 22.3 Å². The number of hydrogen-bond acceptors (Lipinski definition) is 7. The Morgan fingerprint density at radius 1 is 1.16 bits per heavy atom. The second-order valence-corrected chi connectivity index (χ2v) is 8.54. The van der Waals surface area contributed by atoms with Gasteiger partial charge in [-0.25, -0.2) is 14.8 Å². The van der Waals surface area contributed by atoms with Crippen LogP contribution in [0.4, 0.5) is 40.7 Å². The Kier molecular flexibility index (Phi) is 8.22. The standard InChI is InChI=1S/C26H28F4N6O/c1-3-17-12-21(33-20-7-5-6-19(13-20)26(28,29)30)9-8-18(17)14-32-35-25-31-15-23(27)24(34-25)36-10-11-37-16-22(36)4-2/h5-9,12-15,22,33H,3-4,10-11,16H2,1-2H3,(H,31,34,35)/b32-14+. The van der Waals surface area contributed by atoms with Crippen molar-refractivity contribution in [2.24, 2.45) is 5.10 Å². The van der Waals surface area contributed by atoms with Crippen LogP contribution in [0.2, 0.25) is 0 Å². The zero-order chi connectivity index (χ0) is 26.4. The van der Waals surface area contributed by atoms with Crippen molar-refractivity contribution in [3.05, 3.63) is 71.2 Å². The molecule has 196 valence electrons. The fourth-order valence-electron chi connectivity index (χ4n) is 4.10. The molecule has 0 radical (unpaired) electrons. The topological polar surface area (TPSA) is 74.7 Å². The normalized spacial score (nSPS) is 16.3. The van der Waals surface area contributed by atoms with Gasteiger partial charge in [-0.1, -0.05) is 26.0 Å². The first-order chi connectivity index (χ1) is 17.8. The zero-order valence-electron chi connectivity index (χ0n) is 20.5. The van der Waals surface area contributed by atoms with Gasteiger partial charge in [-0.2, -0.15) is 23.3 Å². The van der Waals surface area contributed by atoms with Gasteiger partial charge in [-0.15, -0.1) is 0 Å². The third-order valence-electron chi connectivity index (χ3n) is 6.07. The van der Waals surface area contributed by atoms with Crippen molar-refractivity contribution in [2.75, 3.05) is 35.4 Å². The number of rotatable bonds is 8. The molecule has 1 aliphatic rings. The lowest BCUT2D eigenvalue weighted by Gasteiger charge is -2.36. The van der Waals surface area contributed by atoms with E-state index in [2.05, 4.69) is 25.8 Å². The summed E-state index contributed by atoms with van der Waals surface area (Å²) in [5.41, 5.74) is 4.79. The minimum absolute atomic E-state index is 0.0321. The molecule has 1 aromatic heterocycles. The minimum Gasteiger partial charge on any atom is -0.377 e. The Hall–Kier alpha value is -3.73. The highest BCUT2D eigenvalue weighted by molar-refractivity contribution is 5.83. The molecule has 11 heteroatoms. The number of ether oxygens (including phenoxy) is 1. The fraction of sp³-hybridized carbons (Fsp3) is 0.346. The van der Waals surface area contributed by atoms with Crippen LogP contribution in [0, 0.1) is 5.82 Å². The number of anilines is 4. The van der Waals surface area contributed by atoms with Crippen molar-refractivity contribution >= 4 is 29.4 Å². The van der Waals surface area contributed by atoms with Crippen LogP contribution < -0.4 is 15.6 Å². The molecular formula is C26H28F4N6O. The molecule has 7 nitrogen and oxygen atoms in total. The highest BCUT2D eigenvalue weighted by Crippen LogP contribution is 2.31. The highest BCUT2D eigenvalue weighted by atomic mass is 19.4. The van der Waals surface area contributed by atoms with E-state index in [0.717, 1.165) is 35.9 Å². The third-order valence-corrected chi connectivity index (χ3v) is 6.07. The van der Waals surface area contributed by atoms with Crippen molar-refractivity contribution in [3.63, 3.8) is 0 Å². The Bertz CT molecular complexity index is 1250. The number of hydrogen-bond donors (Lipinski definition) is 2. The molecular weight excluding hydrogens is 488 g/mol. The number of nitrogens with zero attached hydrogens (tertiary/aromatic N) is 4. The first-order valence-electron chi connectivity index (χ1n) is 12.0. The summed E-state index contributed by atoms with van der Waals surface area (Å²) in [5, 5.41) is 7.24. The number of aromatic nitrogens is 2. The van der Waals surface area contributed by atoms with Gasteiger partial charge in [0.15, 0.2) is 11.6 Å². The van der Waals surface area contributed by atoms with E-state index in [0.29, 0.717) is 37.6 Å². The maximum atomic E-state index is 14.5. The van der Waals surface area contributed by atoms with E-state index in [-0.39, 0.29) is 17.8 Å². The zero-order valence-corrected chi connectivity index (χ0v) is 20.5. The first-order valence-corrected chi connectivity index (χ1v) is 12.0. The maximum absolute atomic E-state index is 14.5. The molecule has 2 aromatic carbocycles. The summed E-state index contributed by atoms with van der Waals surface area (Å²) >= 11 is 0. The van der Waals surface area contributed by atoms with Crippen LogP contribution in [-0.4, -0.2) is 42.0 Å². The van der Waals surface area contributed by atoms with Gasteiger partial charge in [-0.05, 0) is 54.3 Å². The van der Waals surface area contributed by atoms with E-state index >= 15 is 0 Å². The molecule has 1 saturated heterocycles. The third kappa shape index (κ3) is 6.53. The molecule has 0 bridgehead atoms. The molecule has 1 fully saturated rings. The van der Waals surface area contributed by atoms with Crippen LogP contribution in [0.1, 0.15) is 37.0 Å². The monoisotopic (exact) mass is 516 g/mol. The number of nitrogens with one attached hydrogen (secondary N) is 2. The van der Waals surface area contributed by atoms with Gasteiger partial charge in [0.2, 0.25) is 5.95 Å².